The summed E-state index contributed by atoms with van der Waals surface area (Å²) in [5.74, 6) is 0.369. The average molecular weight is 367 g/mol. The molecule has 8 nitrogen and oxygen atoms in total. The Labute approximate surface area is 155 Å². The van der Waals surface area contributed by atoms with Gasteiger partial charge >= 0.3 is 6.03 Å². The van der Waals surface area contributed by atoms with Crippen LogP contribution in [0.1, 0.15) is 12.0 Å². The van der Waals surface area contributed by atoms with Crippen molar-refractivity contribution in [1.82, 2.24) is 10.2 Å². The predicted octanol–water partition coefficient (Wildman–Crippen LogP) is 1.86. The SMILES string of the molecule is O=C(CC1NC(=O)N(Cc2ccccc2)C1=O)Nc1ccc2c(c1)OCO2. The maximum Gasteiger partial charge on any atom is 0.325 e. The number of urea groups is 1. The maximum atomic E-state index is 12.5. The average Bonchev–Trinajstić information content (AvgIpc) is 3.22. The van der Waals surface area contributed by atoms with Crippen LogP contribution in [0.2, 0.25) is 0 Å². The first kappa shape index (κ1) is 16.9. The molecule has 0 bridgehead atoms. The van der Waals surface area contributed by atoms with E-state index in [1.165, 1.54) is 0 Å². The van der Waals surface area contributed by atoms with Crippen molar-refractivity contribution in [3.8, 4) is 11.5 Å². The van der Waals surface area contributed by atoms with Gasteiger partial charge in [0.2, 0.25) is 12.7 Å². The minimum Gasteiger partial charge on any atom is -0.454 e. The third-order valence-electron chi connectivity index (χ3n) is 4.34. The Morgan fingerprint density at radius 3 is 2.70 bits per heavy atom. The number of amides is 4. The van der Waals surface area contributed by atoms with Gasteiger partial charge in [-0.25, -0.2) is 4.79 Å². The highest BCUT2D eigenvalue weighted by Crippen LogP contribution is 2.34. The van der Waals surface area contributed by atoms with Gasteiger partial charge in [0, 0.05) is 11.8 Å². The molecule has 1 atom stereocenters. The van der Waals surface area contributed by atoms with Crippen LogP contribution in [0.4, 0.5) is 10.5 Å². The molecule has 1 saturated heterocycles. The van der Waals surface area contributed by atoms with Crippen molar-refractivity contribution in [3.05, 3.63) is 54.1 Å². The molecule has 0 radical (unpaired) electrons. The highest BCUT2D eigenvalue weighted by Gasteiger charge is 2.39. The van der Waals surface area contributed by atoms with Crippen molar-refractivity contribution in [2.24, 2.45) is 0 Å². The number of fused-ring (bicyclic) bond motifs is 1. The van der Waals surface area contributed by atoms with Crippen LogP contribution in [0.5, 0.6) is 11.5 Å². The molecule has 2 aliphatic heterocycles. The fourth-order valence-corrected chi connectivity index (χ4v) is 3.00. The van der Waals surface area contributed by atoms with Crippen LogP contribution in [-0.4, -0.2) is 35.6 Å². The number of ether oxygens (including phenoxy) is 2. The molecule has 2 heterocycles. The summed E-state index contributed by atoms with van der Waals surface area (Å²) in [4.78, 5) is 38.0. The summed E-state index contributed by atoms with van der Waals surface area (Å²) < 4.78 is 10.5. The van der Waals surface area contributed by atoms with Gasteiger partial charge in [0.25, 0.3) is 5.91 Å². The van der Waals surface area contributed by atoms with Gasteiger partial charge in [0.1, 0.15) is 6.04 Å². The van der Waals surface area contributed by atoms with Gasteiger partial charge in [0.05, 0.1) is 13.0 Å². The fourth-order valence-electron chi connectivity index (χ4n) is 3.00. The van der Waals surface area contributed by atoms with Crippen molar-refractivity contribution in [2.75, 3.05) is 12.1 Å². The van der Waals surface area contributed by atoms with E-state index in [-0.39, 0.29) is 25.7 Å². The van der Waals surface area contributed by atoms with Crippen LogP contribution >= 0.6 is 0 Å². The lowest BCUT2D eigenvalue weighted by atomic mass is 10.1. The maximum absolute atomic E-state index is 12.5. The first-order valence-electron chi connectivity index (χ1n) is 8.45. The molecule has 4 amide bonds. The lowest BCUT2D eigenvalue weighted by Gasteiger charge is -2.13. The standard InChI is InChI=1S/C19H17N3O5/c23-17(20-13-6-7-15-16(8-13)27-11-26-15)9-14-18(24)22(19(25)21-14)10-12-4-2-1-3-5-12/h1-8,14H,9-11H2,(H,20,23)(H,21,25). The number of rotatable bonds is 5. The molecular weight excluding hydrogens is 350 g/mol. The second-order valence-electron chi connectivity index (χ2n) is 6.23. The second kappa shape index (κ2) is 6.99. The summed E-state index contributed by atoms with van der Waals surface area (Å²) >= 11 is 0. The molecular formula is C19H17N3O5. The summed E-state index contributed by atoms with van der Waals surface area (Å²) in [6.07, 6.45) is -0.149. The Morgan fingerprint density at radius 2 is 1.89 bits per heavy atom. The van der Waals surface area contributed by atoms with Gasteiger partial charge in [-0.1, -0.05) is 30.3 Å². The highest BCUT2D eigenvalue weighted by molar-refractivity contribution is 6.06. The Kier molecular flexibility index (Phi) is 4.37. The zero-order chi connectivity index (χ0) is 18.8. The van der Waals surface area contributed by atoms with E-state index in [1.807, 2.05) is 30.3 Å². The minimum atomic E-state index is -0.879. The minimum absolute atomic E-state index is 0.145. The second-order valence-corrected chi connectivity index (χ2v) is 6.23. The predicted molar refractivity (Wildman–Crippen MR) is 95.1 cm³/mol. The van der Waals surface area contributed by atoms with Gasteiger partial charge in [0.15, 0.2) is 11.5 Å². The van der Waals surface area contributed by atoms with E-state index in [2.05, 4.69) is 10.6 Å². The van der Waals surface area contributed by atoms with Gasteiger partial charge < -0.3 is 20.1 Å². The molecule has 2 aliphatic rings. The van der Waals surface area contributed by atoms with E-state index in [0.29, 0.717) is 17.2 Å². The van der Waals surface area contributed by atoms with Crippen LogP contribution in [0.3, 0.4) is 0 Å². The monoisotopic (exact) mass is 367 g/mol. The molecule has 2 aromatic carbocycles. The summed E-state index contributed by atoms with van der Waals surface area (Å²) in [6, 6.07) is 12.9. The number of benzene rings is 2. The molecule has 0 aromatic heterocycles. The third kappa shape index (κ3) is 3.55. The van der Waals surface area contributed by atoms with Crippen molar-refractivity contribution < 1.29 is 23.9 Å². The Hall–Kier alpha value is -3.55. The molecule has 27 heavy (non-hydrogen) atoms. The number of carbonyl (C=O) groups is 3. The molecule has 0 spiro atoms. The normalized spacial score (nSPS) is 17.8. The van der Waals surface area contributed by atoms with Crippen LogP contribution in [-0.2, 0) is 16.1 Å². The van der Waals surface area contributed by atoms with Crippen LogP contribution in [0.15, 0.2) is 48.5 Å². The fraction of sp³-hybridized carbons (Fsp3) is 0.211. The largest absolute Gasteiger partial charge is 0.454 e. The van der Waals surface area contributed by atoms with E-state index in [1.54, 1.807) is 18.2 Å². The first-order chi connectivity index (χ1) is 13.1. The van der Waals surface area contributed by atoms with Crippen LogP contribution in [0.25, 0.3) is 0 Å². The molecule has 4 rings (SSSR count). The van der Waals surface area contributed by atoms with E-state index in [4.69, 9.17) is 9.47 Å². The Bertz CT molecular complexity index is 899. The van der Waals surface area contributed by atoms with E-state index >= 15 is 0 Å². The smallest absolute Gasteiger partial charge is 0.325 e. The van der Waals surface area contributed by atoms with Crippen LogP contribution in [0, 0.1) is 0 Å². The number of nitrogens with one attached hydrogen (secondary N) is 2. The van der Waals surface area contributed by atoms with E-state index in [9.17, 15) is 14.4 Å². The highest BCUT2D eigenvalue weighted by atomic mass is 16.7. The quantitative estimate of drug-likeness (QED) is 0.787. The third-order valence-corrected chi connectivity index (χ3v) is 4.34. The molecule has 2 N–H and O–H groups in total. The van der Waals surface area contributed by atoms with Gasteiger partial charge in [-0.15, -0.1) is 0 Å². The van der Waals surface area contributed by atoms with Gasteiger partial charge in [-0.3, -0.25) is 14.5 Å². The molecule has 1 unspecified atom stereocenters. The zero-order valence-corrected chi connectivity index (χ0v) is 14.3. The number of imide groups is 1. The lowest BCUT2D eigenvalue weighted by molar-refractivity contribution is -0.130. The Balaban J connectivity index is 1.37. The van der Waals surface area contributed by atoms with E-state index in [0.717, 1.165) is 10.5 Å². The van der Waals surface area contributed by atoms with Gasteiger partial charge in [-0.2, -0.15) is 0 Å². The number of hydrogen-bond donors (Lipinski definition) is 2. The summed E-state index contributed by atoms with van der Waals surface area (Å²) in [5.41, 5.74) is 1.37. The molecule has 0 aliphatic carbocycles. The summed E-state index contributed by atoms with van der Waals surface area (Å²) in [7, 11) is 0. The van der Waals surface area contributed by atoms with Crippen molar-refractivity contribution in [3.63, 3.8) is 0 Å². The topological polar surface area (TPSA) is 97.0 Å². The molecule has 1 fully saturated rings. The van der Waals surface area contributed by atoms with Crippen molar-refractivity contribution in [2.45, 2.75) is 19.0 Å². The van der Waals surface area contributed by atoms with Gasteiger partial charge in [-0.05, 0) is 17.7 Å². The zero-order valence-electron chi connectivity index (χ0n) is 14.3. The first-order valence-corrected chi connectivity index (χ1v) is 8.45. The number of anilines is 1. The number of carbonyl (C=O) groups excluding carboxylic acids is 3. The van der Waals surface area contributed by atoms with E-state index < -0.39 is 18.0 Å². The molecule has 138 valence electrons. The molecule has 0 saturated carbocycles. The van der Waals surface area contributed by atoms with Crippen LogP contribution < -0.4 is 20.1 Å². The lowest BCUT2D eigenvalue weighted by Crippen LogP contribution is -2.34. The number of nitrogens with zero attached hydrogens (tertiary/aromatic N) is 1. The number of hydrogen-bond acceptors (Lipinski definition) is 5. The summed E-state index contributed by atoms with van der Waals surface area (Å²) in [6.45, 7) is 0.318. The molecule has 8 heteroatoms. The molecule has 2 aromatic rings. The van der Waals surface area contributed by atoms with Crippen molar-refractivity contribution in [1.29, 1.82) is 0 Å². The summed E-state index contributed by atoms with van der Waals surface area (Å²) in [5, 5.41) is 5.27. The Morgan fingerprint density at radius 1 is 1.11 bits per heavy atom. The van der Waals surface area contributed by atoms with Crippen molar-refractivity contribution >= 4 is 23.5 Å².